The second kappa shape index (κ2) is 15.1. The van der Waals surface area contributed by atoms with Gasteiger partial charge in [-0.3, -0.25) is 29.4 Å². The van der Waals surface area contributed by atoms with Crippen molar-refractivity contribution in [1.29, 1.82) is 0 Å². The summed E-state index contributed by atoms with van der Waals surface area (Å²) in [5.74, 6) is -2.58. The molecule has 0 radical (unpaired) electrons. The van der Waals surface area contributed by atoms with E-state index in [1.165, 1.54) is 0 Å². The Balaban J connectivity index is 1.28. The number of carbonyl (C=O) groups is 5. The zero-order valence-electron chi connectivity index (χ0n) is 21.3. The number of anilines is 1. The van der Waals surface area contributed by atoms with Crippen molar-refractivity contribution in [2.45, 2.75) is 25.8 Å². The molecule has 3 rings (SSSR count). The Morgan fingerprint density at radius 1 is 0.947 bits per heavy atom. The fourth-order valence-corrected chi connectivity index (χ4v) is 3.94. The van der Waals surface area contributed by atoms with Crippen molar-refractivity contribution in [3.8, 4) is 0 Å². The molecule has 13 nitrogen and oxygen atoms in total. The monoisotopic (exact) mass is 535 g/mol. The molecule has 1 unspecified atom stereocenters. The van der Waals surface area contributed by atoms with Crippen LogP contribution >= 0.6 is 0 Å². The highest BCUT2D eigenvalue weighted by Crippen LogP contribution is 2.32. The van der Waals surface area contributed by atoms with E-state index in [2.05, 4.69) is 10.6 Å². The van der Waals surface area contributed by atoms with Crippen molar-refractivity contribution in [3.63, 3.8) is 0 Å². The molecule has 2 aliphatic heterocycles. The standard InChI is InChI=1S/C25H33N3O10/c1-2-38-21(30)16-37-15-14-36-13-12-35-11-10-34-9-8-26-18-5-3-4-17-22(18)25(33)28(24(17)32)19-6-7-20(29)27-23(19)31/h3-5,19,26H,2,6-16H2,1H3,(H,27,29,31). The molecule has 1 aromatic carbocycles. The quantitative estimate of drug-likeness (QED) is 0.159. The Morgan fingerprint density at radius 3 is 2.26 bits per heavy atom. The van der Waals surface area contributed by atoms with E-state index in [0.29, 0.717) is 58.5 Å². The summed E-state index contributed by atoms with van der Waals surface area (Å²) in [6.45, 7) is 4.79. The fraction of sp³-hybridized carbons (Fsp3) is 0.560. The van der Waals surface area contributed by atoms with E-state index in [-0.39, 0.29) is 37.2 Å². The molecule has 4 amide bonds. The largest absolute Gasteiger partial charge is 0.464 e. The van der Waals surface area contributed by atoms with Crippen LogP contribution in [0, 0.1) is 0 Å². The van der Waals surface area contributed by atoms with Gasteiger partial charge in [-0.2, -0.15) is 0 Å². The van der Waals surface area contributed by atoms with Gasteiger partial charge in [0.05, 0.1) is 64.0 Å². The topological polar surface area (TPSA) is 159 Å². The van der Waals surface area contributed by atoms with Crippen molar-refractivity contribution in [2.24, 2.45) is 0 Å². The number of amides is 4. The second-order valence-electron chi connectivity index (χ2n) is 8.30. The third-order valence-electron chi connectivity index (χ3n) is 5.67. The van der Waals surface area contributed by atoms with Crippen LogP contribution in [0.3, 0.4) is 0 Å². The highest BCUT2D eigenvalue weighted by atomic mass is 16.6. The number of nitrogens with one attached hydrogen (secondary N) is 2. The van der Waals surface area contributed by atoms with Gasteiger partial charge >= 0.3 is 5.97 Å². The van der Waals surface area contributed by atoms with E-state index in [1.807, 2.05) is 0 Å². The SMILES string of the molecule is CCOC(=O)COCCOCCOCCOCCNc1cccc2c1C(=O)N(C1CCC(=O)NC1=O)C2=O. The Labute approximate surface area is 220 Å². The van der Waals surface area contributed by atoms with Crippen LogP contribution in [-0.2, 0) is 38.1 Å². The number of hydrogen-bond donors (Lipinski definition) is 2. The molecule has 0 spiro atoms. The highest BCUT2D eigenvalue weighted by molar-refractivity contribution is 6.25. The number of carbonyl (C=O) groups excluding carboxylic acids is 5. The van der Waals surface area contributed by atoms with Crippen molar-refractivity contribution in [1.82, 2.24) is 10.2 Å². The molecule has 1 fully saturated rings. The van der Waals surface area contributed by atoms with Crippen molar-refractivity contribution in [3.05, 3.63) is 29.3 Å². The normalized spacial score (nSPS) is 17.0. The molecule has 2 N–H and O–H groups in total. The summed E-state index contributed by atoms with van der Waals surface area (Å²) in [5.41, 5.74) is 0.891. The molecule has 0 aliphatic carbocycles. The highest BCUT2D eigenvalue weighted by Gasteiger charge is 2.45. The molecule has 0 bridgehead atoms. The maximum atomic E-state index is 13.1. The van der Waals surface area contributed by atoms with E-state index < -0.39 is 35.6 Å². The van der Waals surface area contributed by atoms with Gasteiger partial charge in [0.1, 0.15) is 12.6 Å². The van der Waals surface area contributed by atoms with Crippen LogP contribution < -0.4 is 10.6 Å². The van der Waals surface area contributed by atoms with Crippen molar-refractivity contribution >= 4 is 35.3 Å². The van der Waals surface area contributed by atoms with Crippen LogP contribution in [0.2, 0.25) is 0 Å². The molecule has 1 saturated heterocycles. The van der Waals surface area contributed by atoms with Crippen LogP contribution in [-0.4, -0.2) is 107 Å². The summed E-state index contributed by atoms with van der Waals surface area (Å²) in [6.07, 6.45) is 0.170. The van der Waals surface area contributed by atoms with Crippen LogP contribution in [0.4, 0.5) is 5.69 Å². The minimum atomic E-state index is -1.01. The third kappa shape index (κ3) is 8.05. The summed E-state index contributed by atoms with van der Waals surface area (Å²) in [4.78, 5) is 61.6. The number of ether oxygens (including phenoxy) is 5. The molecule has 1 aromatic rings. The van der Waals surface area contributed by atoms with E-state index in [1.54, 1.807) is 25.1 Å². The summed E-state index contributed by atoms with van der Waals surface area (Å²) in [6, 6.07) is 3.87. The first-order valence-electron chi connectivity index (χ1n) is 12.5. The Bertz CT molecular complexity index is 1020. The smallest absolute Gasteiger partial charge is 0.332 e. The van der Waals surface area contributed by atoms with Crippen molar-refractivity contribution in [2.75, 3.05) is 71.3 Å². The average Bonchev–Trinajstić information content (AvgIpc) is 3.14. The zero-order chi connectivity index (χ0) is 27.3. The first kappa shape index (κ1) is 29.2. The molecule has 0 saturated carbocycles. The van der Waals surface area contributed by atoms with Gasteiger partial charge in [0.25, 0.3) is 11.8 Å². The lowest BCUT2D eigenvalue weighted by Gasteiger charge is -2.27. The van der Waals surface area contributed by atoms with Gasteiger partial charge in [-0.1, -0.05) is 6.07 Å². The molecule has 38 heavy (non-hydrogen) atoms. The summed E-state index contributed by atoms with van der Waals surface area (Å²) >= 11 is 0. The molecule has 2 aliphatic rings. The van der Waals surface area contributed by atoms with Gasteiger partial charge in [-0.25, -0.2) is 4.79 Å². The maximum Gasteiger partial charge on any atom is 0.332 e. The van der Waals surface area contributed by atoms with Crippen LogP contribution in [0.5, 0.6) is 0 Å². The van der Waals surface area contributed by atoms with Gasteiger partial charge in [0.15, 0.2) is 0 Å². The lowest BCUT2D eigenvalue weighted by atomic mass is 10.0. The molecule has 2 heterocycles. The van der Waals surface area contributed by atoms with Crippen LogP contribution in [0.25, 0.3) is 0 Å². The maximum absolute atomic E-state index is 13.1. The van der Waals surface area contributed by atoms with Crippen molar-refractivity contribution < 1.29 is 47.7 Å². The number of rotatable bonds is 17. The van der Waals surface area contributed by atoms with Crippen LogP contribution in [0.15, 0.2) is 18.2 Å². The third-order valence-corrected chi connectivity index (χ3v) is 5.67. The number of hydrogen-bond acceptors (Lipinski definition) is 11. The summed E-state index contributed by atoms with van der Waals surface area (Å²) < 4.78 is 26.1. The van der Waals surface area contributed by atoms with E-state index >= 15 is 0 Å². The predicted octanol–water partition coefficient (Wildman–Crippen LogP) is 0.129. The molecular formula is C25H33N3O10. The number of imide groups is 2. The minimum Gasteiger partial charge on any atom is -0.464 e. The second-order valence-corrected chi connectivity index (χ2v) is 8.30. The predicted molar refractivity (Wildman–Crippen MR) is 132 cm³/mol. The molecule has 208 valence electrons. The van der Waals surface area contributed by atoms with Gasteiger partial charge in [0.2, 0.25) is 11.8 Å². The van der Waals surface area contributed by atoms with E-state index in [9.17, 15) is 24.0 Å². The van der Waals surface area contributed by atoms with Crippen LogP contribution in [0.1, 0.15) is 40.5 Å². The zero-order valence-corrected chi connectivity index (χ0v) is 21.3. The Hall–Kier alpha value is -3.39. The number of benzene rings is 1. The number of nitrogens with zero attached hydrogens (tertiary/aromatic N) is 1. The number of esters is 1. The first-order chi connectivity index (χ1) is 18.4. The first-order valence-corrected chi connectivity index (χ1v) is 12.5. The molecule has 0 aromatic heterocycles. The molecule has 13 heteroatoms. The lowest BCUT2D eigenvalue weighted by Crippen LogP contribution is -2.54. The van der Waals surface area contributed by atoms with Gasteiger partial charge in [-0.15, -0.1) is 0 Å². The number of piperidine rings is 1. The minimum absolute atomic E-state index is 0.0660. The summed E-state index contributed by atoms with van der Waals surface area (Å²) in [7, 11) is 0. The number of fused-ring (bicyclic) bond motifs is 1. The Kier molecular flexibility index (Phi) is 11.6. The lowest BCUT2D eigenvalue weighted by molar-refractivity contribution is -0.149. The molecular weight excluding hydrogens is 502 g/mol. The molecule has 1 atom stereocenters. The Morgan fingerprint density at radius 2 is 1.61 bits per heavy atom. The van der Waals surface area contributed by atoms with Gasteiger partial charge in [-0.05, 0) is 25.5 Å². The van der Waals surface area contributed by atoms with E-state index in [0.717, 1.165) is 4.90 Å². The van der Waals surface area contributed by atoms with Gasteiger partial charge in [0, 0.05) is 18.7 Å². The summed E-state index contributed by atoms with van der Waals surface area (Å²) in [5, 5.41) is 5.29. The fourth-order valence-electron chi connectivity index (χ4n) is 3.94. The average molecular weight is 536 g/mol. The van der Waals surface area contributed by atoms with Gasteiger partial charge < -0.3 is 29.0 Å². The van der Waals surface area contributed by atoms with E-state index in [4.69, 9.17) is 23.7 Å².